The van der Waals surface area contributed by atoms with Crippen LogP contribution in [0.15, 0.2) is 36.4 Å². The first kappa shape index (κ1) is 12.4. The van der Waals surface area contributed by atoms with Gasteiger partial charge in [0.05, 0.1) is 0 Å². The van der Waals surface area contributed by atoms with E-state index < -0.39 is 11.6 Å². The van der Waals surface area contributed by atoms with Crippen LogP contribution < -0.4 is 10.5 Å². The van der Waals surface area contributed by atoms with Gasteiger partial charge in [0.2, 0.25) is 0 Å². The molecule has 2 aromatic carbocycles. The Kier molecular flexibility index (Phi) is 3.46. The van der Waals surface area contributed by atoms with Crippen LogP contribution in [-0.2, 0) is 6.61 Å². The van der Waals surface area contributed by atoms with Crippen LogP contribution in [0.4, 0.5) is 14.5 Å². The average Bonchev–Trinajstić information content (AvgIpc) is 2.26. The fraction of sp³-hybridized carbons (Fsp3) is 0.143. The summed E-state index contributed by atoms with van der Waals surface area (Å²) in [6.45, 7) is 1.97. The second-order valence-corrected chi connectivity index (χ2v) is 4.09. The molecule has 2 aromatic rings. The third kappa shape index (κ3) is 2.97. The summed E-state index contributed by atoms with van der Waals surface area (Å²) in [6.07, 6.45) is 0. The number of ether oxygens (including phenoxy) is 1. The van der Waals surface area contributed by atoms with Crippen LogP contribution in [0.1, 0.15) is 11.1 Å². The minimum absolute atomic E-state index is 0.111. The van der Waals surface area contributed by atoms with Gasteiger partial charge in [0.25, 0.3) is 0 Å². The summed E-state index contributed by atoms with van der Waals surface area (Å²) in [5.74, 6) is -0.570. The predicted molar refractivity (Wildman–Crippen MR) is 66.3 cm³/mol. The van der Waals surface area contributed by atoms with Crippen molar-refractivity contribution in [2.24, 2.45) is 0 Å². The van der Waals surface area contributed by atoms with Crippen molar-refractivity contribution in [3.05, 3.63) is 59.2 Å². The highest BCUT2D eigenvalue weighted by Gasteiger charge is 2.03. The molecular weight excluding hydrogens is 236 g/mol. The summed E-state index contributed by atoms with van der Waals surface area (Å²) in [4.78, 5) is 0. The second kappa shape index (κ2) is 5.04. The summed E-state index contributed by atoms with van der Waals surface area (Å²) in [7, 11) is 0. The van der Waals surface area contributed by atoms with Gasteiger partial charge < -0.3 is 10.5 Å². The molecule has 0 unspecified atom stereocenters. The quantitative estimate of drug-likeness (QED) is 0.846. The van der Waals surface area contributed by atoms with E-state index in [-0.39, 0.29) is 6.61 Å². The third-order valence-corrected chi connectivity index (χ3v) is 2.52. The number of aryl methyl sites for hydroxylation is 1. The lowest BCUT2D eigenvalue weighted by molar-refractivity contribution is 0.303. The van der Waals surface area contributed by atoms with E-state index in [4.69, 9.17) is 10.5 Å². The molecule has 18 heavy (non-hydrogen) atoms. The largest absolute Gasteiger partial charge is 0.489 e. The number of hydrogen-bond donors (Lipinski definition) is 1. The van der Waals surface area contributed by atoms with E-state index in [0.29, 0.717) is 17.0 Å². The molecule has 4 heteroatoms. The van der Waals surface area contributed by atoms with Gasteiger partial charge >= 0.3 is 0 Å². The van der Waals surface area contributed by atoms with Crippen molar-refractivity contribution in [1.82, 2.24) is 0 Å². The van der Waals surface area contributed by atoms with Crippen molar-refractivity contribution in [2.45, 2.75) is 13.5 Å². The molecule has 2 nitrogen and oxygen atoms in total. The Hall–Kier alpha value is -2.10. The molecule has 2 rings (SSSR count). The molecule has 0 radical (unpaired) electrons. The number of benzene rings is 2. The maximum atomic E-state index is 13.0. The number of anilines is 1. The highest BCUT2D eigenvalue weighted by molar-refractivity contribution is 5.47. The standard InChI is InChI=1S/C14H13F2NO/c1-9-4-13(17)2-3-14(9)18-8-10-5-11(15)7-12(16)6-10/h2-7H,8,17H2,1H3. The van der Waals surface area contributed by atoms with Crippen LogP contribution in [0.2, 0.25) is 0 Å². The van der Waals surface area contributed by atoms with Gasteiger partial charge in [-0.25, -0.2) is 8.78 Å². The van der Waals surface area contributed by atoms with E-state index >= 15 is 0 Å². The van der Waals surface area contributed by atoms with Crippen LogP contribution in [0.25, 0.3) is 0 Å². The van der Waals surface area contributed by atoms with Crippen molar-refractivity contribution in [3.8, 4) is 5.75 Å². The second-order valence-electron chi connectivity index (χ2n) is 4.09. The zero-order valence-corrected chi connectivity index (χ0v) is 9.91. The van der Waals surface area contributed by atoms with Gasteiger partial charge in [-0.15, -0.1) is 0 Å². The molecule has 0 saturated heterocycles. The Morgan fingerprint density at radius 2 is 1.72 bits per heavy atom. The number of hydrogen-bond acceptors (Lipinski definition) is 2. The number of halogens is 2. The molecule has 2 N–H and O–H groups in total. The Bertz CT molecular complexity index is 549. The third-order valence-electron chi connectivity index (χ3n) is 2.52. The van der Waals surface area contributed by atoms with E-state index in [1.54, 1.807) is 18.2 Å². The number of nitrogen functional groups attached to an aromatic ring is 1. The minimum atomic E-state index is -0.609. The molecule has 0 aromatic heterocycles. The summed E-state index contributed by atoms with van der Waals surface area (Å²) in [5.41, 5.74) is 7.60. The Labute approximate surface area is 104 Å². The summed E-state index contributed by atoms with van der Waals surface area (Å²) >= 11 is 0. The van der Waals surface area contributed by atoms with Crippen LogP contribution in [0.3, 0.4) is 0 Å². The van der Waals surface area contributed by atoms with E-state index in [1.807, 2.05) is 6.92 Å². The highest BCUT2D eigenvalue weighted by atomic mass is 19.1. The fourth-order valence-corrected chi connectivity index (χ4v) is 1.69. The minimum Gasteiger partial charge on any atom is -0.489 e. The molecular formula is C14H13F2NO. The summed E-state index contributed by atoms with van der Waals surface area (Å²) in [6, 6.07) is 8.56. The van der Waals surface area contributed by atoms with E-state index in [1.165, 1.54) is 12.1 Å². The lowest BCUT2D eigenvalue weighted by Crippen LogP contribution is -1.99. The van der Waals surface area contributed by atoms with Crippen molar-refractivity contribution in [2.75, 3.05) is 5.73 Å². The van der Waals surface area contributed by atoms with E-state index in [0.717, 1.165) is 11.6 Å². The van der Waals surface area contributed by atoms with E-state index in [9.17, 15) is 8.78 Å². The van der Waals surface area contributed by atoms with Gasteiger partial charge in [0.15, 0.2) is 0 Å². The molecule has 0 heterocycles. The number of nitrogens with two attached hydrogens (primary N) is 1. The zero-order chi connectivity index (χ0) is 13.1. The fourth-order valence-electron chi connectivity index (χ4n) is 1.69. The van der Waals surface area contributed by atoms with Crippen molar-refractivity contribution in [3.63, 3.8) is 0 Å². The molecule has 0 atom stereocenters. The van der Waals surface area contributed by atoms with Crippen molar-refractivity contribution < 1.29 is 13.5 Å². The molecule has 0 spiro atoms. The first-order valence-corrected chi connectivity index (χ1v) is 5.48. The van der Waals surface area contributed by atoms with Gasteiger partial charge in [0.1, 0.15) is 24.0 Å². The maximum absolute atomic E-state index is 13.0. The van der Waals surface area contributed by atoms with Gasteiger partial charge in [0, 0.05) is 11.8 Å². The van der Waals surface area contributed by atoms with Gasteiger partial charge in [-0.1, -0.05) is 0 Å². The molecule has 0 aliphatic carbocycles. The van der Waals surface area contributed by atoms with Gasteiger partial charge in [-0.05, 0) is 48.4 Å². The lowest BCUT2D eigenvalue weighted by atomic mass is 10.2. The molecule has 0 saturated carbocycles. The molecule has 0 bridgehead atoms. The SMILES string of the molecule is Cc1cc(N)ccc1OCc1cc(F)cc(F)c1. The van der Waals surface area contributed by atoms with Crippen molar-refractivity contribution >= 4 is 5.69 Å². The monoisotopic (exact) mass is 249 g/mol. The maximum Gasteiger partial charge on any atom is 0.126 e. The molecule has 94 valence electrons. The molecule has 0 aliphatic rings. The first-order chi connectivity index (χ1) is 8.54. The van der Waals surface area contributed by atoms with Crippen LogP contribution >= 0.6 is 0 Å². The van der Waals surface area contributed by atoms with Crippen LogP contribution in [0.5, 0.6) is 5.75 Å². The zero-order valence-electron chi connectivity index (χ0n) is 9.91. The van der Waals surface area contributed by atoms with Crippen molar-refractivity contribution in [1.29, 1.82) is 0 Å². The lowest BCUT2D eigenvalue weighted by Gasteiger charge is -2.10. The van der Waals surface area contributed by atoms with E-state index in [2.05, 4.69) is 0 Å². The topological polar surface area (TPSA) is 35.2 Å². The van der Waals surface area contributed by atoms with Crippen LogP contribution in [0, 0.1) is 18.6 Å². The highest BCUT2D eigenvalue weighted by Crippen LogP contribution is 2.21. The Morgan fingerprint density at radius 1 is 1.06 bits per heavy atom. The summed E-state index contributed by atoms with van der Waals surface area (Å²) < 4.78 is 31.4. The average molecular weight is 249 g/mol. The number of rotatable bonds is 3. The Morgan fingerprint density at radius 3 is 2.33 bits per heavy atom. The molecule has 0 aliphatic heterocycles. The molecule has 0 amide bonds. The normalized spacial score (nSPS) is 10.4. The van der Waals surface area contributed by atoms with Crippen LogP contribution in [-0.4, -0.2) is 0 Å². The van der Waals surface area contributed by atoms with Gasteiger partial charge in [-0.2, -0.15) is 0 Å². The molecule has 0 fully saturated rings. The first-order valence-electron chi connectivity index (χ1n) is 5.48. The predicted octanol–water partition coefficient (Wildman–Crippen LogP) is 3.43. The smallest absolute Gasteiger partial charge is 0.126 e. The van der Waals surface area contributed by atoms with Gasteiger partial charge in [-0.3, -0.25) is 0 Å². The Balaban J connectivity index is 2.11. The summed E-state index contributed by atoms with van der Waals surface area (Å²) in [5, 5.41) is 0.